The molecule has 0 aromatic heterocycles. The molecule has 0 saturated heterocycles. The number of nitrogens with zero attached hydrogens (tertiary/aromatic N) is 1. The molecule has 0 unspecified atom stereocenters. The van der Waals surface area contributed by atoms with Crippen LogP contribution in [0.5, 0.6) is 0 Å². The van der Waals surface area contributed by atoms with E-state index in [1.54, 1.807) is 0 Å². The van der Waals surface area contributed by atoms with Crippen LogP contribution >= 0.6 is 0 Å². The molecule has 0 bridgehead atoms. The molecular weight excluding hydrogens is 114 g/mol. The van der Waals surface area contributed by atoms with Crippen LogP contribution in [-0.2, 0) is 4.79 Å². The summed E-state index contributed by atoms with van der Waals surface area (Å²) in [7, 11) is 1.90. The maximum absolute atomic E-state index is 10.6. The van der Waals surface area contributed by atoms with E-state index in [4.69, 9.17) is 0 Å². The Morgan fingerprint density at radius 1 is 1.78 bits per heavy atom. The van der Waals surface area contributed by atoms with Gasteiger partial charge in [-0.1, -0.05) is 13.5 Å². The molecule has 0 spiro atoms. The minimum absolute atomic E-state index is 0.0827. The molecule has 0 atom stereocenters. The molecule has 0 radical (unpaired) electrons. The molecule has 0 heterocycles. The number of likely N-dealkylation sites (N-methyl/N-ethyl adjacent to an activating group) is 1. The van der Waals surface area contributed by atoms with E-state index in [1.165, 1.54) is 6.08 Å². The summed E-state index contributed by atoms with van der Waals surface area (Å²) in [6, 6.07) is 0. The van der Waals surface area contributed by atoms with Crippen LogP contribution in [0, 0.1) is 0 Å². The highest BCUT2D eigenvalue weighted by Crippen LogP contribution is 1.81. The second kappa shape index (κ2) is 4.27. The largest absolute Gasteiger partial charge is 0.299 e. The van der Waals surface area contributed by atoms with E-state index in [0.29, 0.717) is 6.54 Å². The number of hydrogen-bond donors (Lipinski definition) is 0. The van der Waals surface area contributed by atoms with Crippen LogP contribution in [0.3, 0.4) is 0 Å². The van der Waals surface area contributed by atoms with E-state index in [1.807, 2.05) is 18.9 Å². The van der Waals surface area contributed by atoms with Gasteiger partial charge in [-0.2, -0.15) is 0 Å². The van der Waals surface area contributed by atoms with Crippen molar-refractivity contribution < 1.29 is 4.79 Å². The molecule has 0 aliphatic carbocycles. The van der Waals surface area contributed by atoms with Crippen LogP contribution in [0.15, 0.2) is 12.7 Å². The third-order valence-corrected chi connectivity index (χ3v) is 1.19. The van der Waals surface area contributed by atoms with Gasteiger partial charge in [-0.15, -0.1) is 0 Å². The van der Waals surface area contributed by atoms with Crippen molar-refractivity contribution in [2.45, 2.75) is 6.92 Å². The second-order valence-electron chi connectivity index (χ2n) is 2.00. The zero-order valence-electron chi connectivity index (χ0n) is 6.05. The second-order valence-corrected chi connectivity index (χ2v) is 2.00. The Hall–Kier alpha value is -0.630. The Morgan fingerprint density at radius 2 is 2.33 bits per heavy atom. The van der Waals surface area contributed by atoms with Gasteiger partial charge >= 0.3 is 0 Å². The molecule has 0 fully saturated rings. The molecule has 0 aliphatic rings. The van der Waals surface area contributed by atoms with Crippen molar-refractivity contribution in [2.24, 2.45) is 0 Å². The third-order valence-electron chi connectivity index (χ3n) is 1.19. The van der Waals surface area contributed by atoms with E-state index in [0.717, 1.165) is 6.54 Å². The molecule has 0 saturated carbocycles. The molecule has 2 heteroatoms. The highest BCUT2D eigenvalue weighted by molar-refractivity contribution is 5.90. The Labute approximate surface area is 56.2 Å². The summed E-state index contributed by atoms with van der Waals surface area (Å²) in [5.41, 5.74) is 0. The van der Waals surface area contributed by atoms with Gasteiger partial charge in [0.05, 0.1) is 6.54 Å². The zero-order chi connectivity index (χ0) is 7.28. The lowest BCUT2D eigenvalue weighted by molar-refractivity contribution is -0.115. The van der Waals surface area contributed by atoms with Crippen molar-refractivity contribution >= 4 is 5.78 Å². The summed E-state index contributed by atoms with van der Waals surface area (Å²) < 4.78 is 0. The highest BCUT2D eigenvalue weighted by atomic mass is 16.1. The minimum atomic E-state index is 0.0827. The SMILES string of the molecule is C=CC(=O)CN(C)CC. The highest BCUT2D eigenvalue weighted by Gasteiger charge is 1.97. The van der Waals surface area contributed by atoms with Gasteiger partial charge in [0, 0.05) is 0 Å². The monoisotopic (exact) mass is 127 g/mol. The fourth-order valence-electron chi connectivity index (χ4n) is 0.442. The number of carbonyl (C=O) groups excluding carboxylic acids is 1. The van der Waals surface area contributed by atoms with Gasteiger partial charge < -0.3 is 0 Å². The van der Waals surface area contributed by atoms with Crippen LogP contribution in [0.1, 0.15) is 6.92 Å². The Bertz CT molecular complexity index is 109. The average molecular weight is 127 g/mol. The normalized spacial score (nSPS) is 9.67. The van der Waals surface area contributed by atoms with E-state index in [2.05, 4.69) is 6.58 Å². The van der Waals surface area contributed by atoms with E-state index >= 15 is 0 Å². The van der Waals surface area contributed by atoms with Gasteiger partial charge in [0.2, 0.25) is 0 Å². The van der Waals surface area contributed by atoms with Gasteiger partial charge in [0.1, 0.15) is 0 Å². The molecule has 0 aliphatic heterocycles. The maximum Gasteiger partial charge on any atom is 0.169 e. The average Bonchev–Trinajstić information content (AvgIpc) is 1.87. The Kier molecular flexibility index (Phi) is 3.97. The molecular formula is C7H13NO. The van der Waals surface area contributed by atoms with Crippen molar-refractivity contribution in [3.8, 4) is 0 Å². The van der Waals surface area contributed by atoms with Crippen molar-refractivity contribution in [3.63, 3.8) is 0 Å². The predicted molar refractivity (Wildman–Crippen MR) is 38.4 cm³/mol. The lowest BCUT2D eigenvalue weighted by Crippen LogP contribution is -2.24. The molecule has 9 heavy (non-hydrogen) atoms. The summed E-state index contributed by atoms with van der Waals surface area (Å²) in [6.07, 6.45) is 1.35. The molecule has 52 valence electrons. The molecule has 2 nitrogen and oxygen atoms in total. The lowest BCUT2D eigenvalue weighted by atomic mass is 10.3. The number of hydrogen-bond acceptors (Lipinski definition) is 2. The van der Waals surface area contributed by atoms with Crippen molar-refractivity contribution in [2.75, 3.05) is 20.1 Å². The van der Waals surface area contributed by atoms with Gasteiger partial charge in [-0.05, 0) is 19.7 Å². The van der Waals surface area contributed by atoms with Gasteiger partial charge in [-0.3, -0.25) is 9.69 Å². The standard InChI is InChI=1S/C7H13NO/c1-4-7(9)6-8(3)5-2/h4H,1,5-6H2,2-3H3. The zero-order valence-corrected chi connectivity index (χ0v) is 6.05. The topological polar surface area (TPSA) is 20.3 Å². The quantitative estimate of drug-likeness (QED) is 0.518. The first-order valence-electron chi connectivity index (χ1n) is 3.04. The van der Waals surface area contributed by atoms with Crippen LogP contribution in [0.25, 0.3) is 0 Å². The predicted octanol–water partition coefficient (Wildman–Crippen LogP) is 0.693. The number of carbonyl (C=O) groups is 1. The van der Waals surface area contributed by atoms with Gasteiger partial charge in [0.25, 0.3) is 0 Å². The van der Waals surface area contributed by atoms with Crippen molar-refractivity contribution in [1.29, 1.82) is 0 Å². The van der Waals surface area contributed by atoms with Crippen molar-refractivity contribution in [1.82, 2.24) is 4.90 Å². The van der Waals surface area contributed by atoms with Crippen LogP contribution < -0.4 is 0 Å². The van der Waals surface area contributed by atoms with Crippen LogP contribution in [0.2, 0.25) is 0 Å². The molecule has 0 amide bonds. The molecule has 0 aromatic rings. The fraction of sp³-hybridized carbons (Fsp3) is 0.571. The summed E-state index contributed by atoms with van der Waals surface area (Å²) in [5.74, 6) is 0.0827. The Morgan fingerprint density at radius 3 is 2.67 bits per heavy atom. The molecule has 0 aromatic carbocycles. The molecule has 0 N–H and O–H groups in total. The summed E-state index contributed by atoms with van der Waals surface area (Å²) >= 11 is 0. The van der Waals surface area contributed by atoms with Gasteiger partial charge in [0.15, 0.2) is 5.78 Å². The van der Waals surface area contributed by atoms with Crippen LogP contribution in [0.4, 0.5) is 0 Å². The Balaban J connectivity index is 3.46. The van der Waals surface area contributed by atoms with Crippen LogP contribution in [-0.4, -0.2) is 30.8 Å². The number of rotatable bonds is 4. The maximum atomic E-state index is 10.6. The van der Waals surface area contributed by atoms with E-state index in [9.17, 15) is 4.79 Å². The van der Waals surface area contributed by atoms with E-state index in [-0.39, 0.29) is 5.78 Å². The third kappa shape index (κ3) is 3.91. The van der Waals surface area contributed by atoms with Gasteiger partial charge in [-0.25, -0.2) is 0 Å². The minimum Gasteiger partial charge on any atom is -0.299 e. The number of ketones is 1. The van der Waals surface area contributed by atoms with E-state index < -0.39 is 0 Å². The fourth-order valence-corrected chi connectivity index (χ4v) is 0.442. The smallest absolute Gasteiger partial charge is 0.169 e. The summed E-state index contributed by atoms with van der Waals surface area (Å²) in [5, 5.41) is 0. The first-order valence-corrected chi connectivity index (χ1v) is 3.04. The first-order chi connectivity index (χ1) is 4.20. The lowest BCUT2D eigenvalue weighted by Gasteiger charge is -2.09. The summed E-state index contributed by atoms with van der Waals surface area (Å²) in [4.78, 5) is 12.6. The first kappa shape index (κ1) is 8.37. The summed E-state index contributed by atoms with van der Waals surface area (Å²) in [6.45, 7) is 6.77. The molecule has 0 rings (SSSR count). The van der Waals surface area contributed by atoms with Crippen molar-refractivity contribution in [3.05, 3.63) is 12.7 Å².